The van der Waals surface area contributed by atoms with E-state index in [1.54, 1.807) is 0 Å². The summed E-state index contributed by atoms with van der Waals surface area (Å²) in [7, 11) is 0. The molecule has 0 aromatic carbocycles. The third-order valence-corrected chi connectivity index (χ3v) is 5.18. The van der Waals surface area contributed by atoms with E-state index in [0.29, 0.717) is 4.83 Å². The molecule has 0 saturated carbocycles. The van der Waals surface area contributed by atoms with E-state index in [2.05, 4.69) is 22.9 Å². The van der Waals surface area contributed by atoms with Crippen LogP contribution in [0, 0.1) is 0 Å². The maximum atomic E-state index is 5.72. The highest BCUT2D eigenvalue weighted by molar-refractivity contribution is 9.09. The van der Waals surface area contributed by atoms with Crippen molar-refractivity contribution in [3.63, 3.8) is 0 Å². The topological polar surface area (TPSA) is 0 Å². The summed E-state index contributed by atoms with van der Waals surface area (Å²) in [5, 5.41) is 0. The zero-order valence-corrected chi connectivity index (χ0v) is 16.0. The van der Waals surface area contributed by atoms with Crippen LogP contribution in [0.1, 0.15) is 103 Å². The van der Waals surface area contributed by atoms with Crippen LogP contribution in [0.4, 0.5) is 0 Å². The van der Waals surface area contributed by atoms with E-state index in [9.17, 15) is 0 Å². The van der Waals surface area contributed by atoms with E-state index in [4.69, 9.17) is 11.6 Å². The molecule has 0 aliphatic rings. The molecule has 0 heterocycles. The lowest BCUT2D eigenvalue weighted by Crippen LogP contribution is -1.98. The minimum atomic E-state index is 0.646. The van der Waals surface area contributed by atoms with Crippen LogP contribution < -0.4 is 0 Å². The van der Waals surface area contributed by atoms with Crippen LogP contribution >= 0.6 is 27.5 Å². The van der Waals surface area contributed by atoms with Crippen molar-refractivity contribution in [2.75, 3.05) is 5.88 Å². The first-order valence-electron chi connectivity index (χ1n) is 9.01. The summed E-state index contributed by atoms with van der Waals surface area (Å²) < 4.78 is 0. The minimum absolute atomic E-state index is 0.646. The van der Waals surface area contributed by atoms with Gasteiger partial charge in [-0.2, -0.15) is 0 Å². The second kappa shape index (κ2) is 17.8. The van der Waals surface area contributed by atoms with Gasteiger partial charge in [-0.05, 0) is 12.8 Å². The van der Waals surface area contributed by atoms with E-state index in [1.807, 2.05) is 0 Å². The summed E-state index contributed by atoms with van der Waals surface area (Å²) in [6, 6.07) is 0. The highest BCUT2D eigenvalue weighted by Crippen LogP contribution is 2.17. The lowest BCUT2D eigenvalue weighted by Gasteiger charge is -2.07. The molecule has 0 aliphatic carbocycles. The first-order chi connectivity index (χ1) is 9.81. The van der Waals surface area contributed by atoms with Gasteiger partial charge in [0.25, 0.3) is 0 Å². The lowest BCUT2D eigenvalue weighted by molar-refractivity contribution is 0.534. The van der Waals surface area contributed by atoms with Crippen LogP contribution in [0.5, 0.6) is 0 Å². The Morgan fingerprint density at radius 1 is 0.650 bits per heavy atom. The standard InChI is InChI=1S/C18H36BrCl/c1-2-3-4-5-6-7-8-9-10-11-12-13-14-15-18(19)16-17-20/h18H,2-17H2,1H3. The zero-order valence-electron chi connectivity index (χ0n) is 13.6. The fourth-order valence-corrected chi connectivity index (χ4v) is 3.73. The van der Waals surface area contributed by atoms with Crippen molar-refractivity contribution in [3.8, 4) is 0 Å². The van der Waals surface area contributed by atoms with Gasteiger partial charge in [-0.15, -0.1) is 11.6 Å². The quantitative estimate of drug-likeness (QED) is 0.192. The number of alkyl halides is 2. The smallest absolute Gasteiger partial charge is 0.0234 e. The van der Waals surface area contributed by atoms with Crippen molar-refractivity contribution >= 4 is 27.5 Å². The molecule has 0 amide bonds. The van der Waals surface area contributed by atoms with E-state index in [-0.39, 0.29) is 0 Å². The molecule has 0 rings (SSSR count). The second-order valence-corrected chi connectivity index (χ2v) is 7.78. The first kappa shape index (κ1) is 20.8. The van der Waals surface area contributed by atoms with E-state index in [0.717, 1.165) is 12.3 Å². The molecule has 0 aromatic heterocycles. The SMILES string of the molecule is CCCCCCCCCCCCCCCC(Br)CCCl. The molecule has 1 unspecified atom stereocenters. The summed E-state index contributed by atoms with van der Waals surface area (Å²) in [6.45, 7) is 2.29. The predicted octanol–water partition coefficient (Wildman–Crippen LogP) is 7.86. The molecule has 0 N–H and O–H groups in total. The van der Waals surface area contributed by atoms with Gasteiger partial charge >= 0.3 is 0 Å². The molecule has 0 spiro atoms. The van der Waals surface area contributed by atoms with Gasteiger partial charge in [-0.1, -0.05) is 106 Å². The van der Waals surface area contributed by atoms with Crippen molar-refractivity contribution in [2.45, 2.75) is 108 Å². The van der Waals surface area contributed by atoms with Gasteiger partial charge in [-0.25, -0.2) is 0 Å². The third-order valence-electron chi connectivity index (χ3n) is 4.04. The van der Waals surface area contributed by atoms with Gasteiger partial charge in [0.15, 0.2) is 0 Å². The highest BCUT2D eigenvalue weighted by atomic mass is 79.9. The average Bonchev–Trinajstić information content (AvgIpc) is 2.44. The van der Waals surface area contributed by atoms with Gasteiger partial charge in [-0.3, -0.25) is 0 Å². The summed E-state index contributed by atoms with van der Waals surface area (Å²) in [5.41, 5.74) is 0. The van der Waals surface area contributed by atoms with Crippen LogP contribution in [0.25, 0.3) is 0 Å². The second-order valence-electron chi connectivity index (χ2n) is 6.11. The van der Waals surface area contributed by atoms with E-state index in [1.165, 1.54) is 89.9 Å². The average molecular weight is 368 g/mol. The Hall–Kier alpha value is 0.770. The number of halogens is 2. The number of unbranched alkanes of at least 4 members (excludes halogenated alkanes) is 12. The fourth-order valence-electron chi connectivity index (χ4n) is 2.65. The Morgan fingerprint density at radius 2 is 1.05 bits per heavy atom. The van der Waals surface area contributed by atoms with Crippen molar-refractivity contribution in [3.05, 3.63) is 0 Å². The molecule has 0 bridgehead atoms. The Balaban J connectivity index is 2.99. The molecule has 0 aliphatic heterocycles. The van der Waals surface area contributed by atoms with Gasteiger partial charge < -0.3 is 0 Å². The molecule has 0 radical (unpaired) electrons. The van der Waals surface area contributed by atoms with Crippen LogP contribution in [0.15, 0.2) is 0 Å². The first-order valence-corrected chi connectivity index (χ1v) is 10.5. The van der Waals surface area contributed by atoms with Gasteiger partial charge in [0.05, 0.1) is 0 Å². The van der Waals surface area contributed by atoms with Crippen LogP contribution in [-0.4, -0.2) is 10.7 Å². The van der Waals surface area contributed by atoms with Crippen LogP contribution in [0.2, 0.25) is 0 Å². The van der Waals surface area contributed by atoms with Crippen LogP contribution in [-0.2, 0) is 0 Å². The van der Waals surface area contributed by atoms with Crippen molar-refractivity contribution in [2.24, 2.45) is 0 Å². The zero-order chi connectivity index (χ0) is 14.9. The molecule has 0 aromatic rings. The maximum absolute atomic E-state index is 5.72. The normalized spacial score (nSPS) is 12.8. The van der Waals surface area contributed by atoms with Crippen molar-refractivity contribution in [1.29, 1.82) is 0 Å². The number of hydrogen-bond acceptors (Lipinski definition) is 0. The summed E-state index contributed by atoms with van der Waals surface area (Å²) in [5.74, 6) is 0.786. The molecular formula is C18H36BrCl. The molecular weight excluding hydrogens is 332 g/mol. The Morgan fingerprint density at radius 3 is 1.45 bits per heavy atom. The molecule has 122 valence electrons. The largest absolute Gasteiger partial charge is 0.127 e. The van der Waals surface area contributed by atoms with Crippen LogP contribution in [0.3, 0.4) is 0 Å². The molecule has 1 atom stereocenters. The number of rotatable bonds is 16. The monoisotopic (exact) mass is 366 g/mol. The summed E-state index contributed by atoms with van der Waals surface area (Å²) in [6.07, 6.45) is 21.1. The lowest BCUT2D eigenvalue weighted by atomic mass is 10.0. The maximum Gasteiger partial charge on any atom is 0.0234 e. The fraction of sp³-hybridized carbons (Fsp3) is 1.00. The van der Waals surface area contributed by atoms with E-state index < -0.39 is 0 Å². The van der Waals surface area contributed by atoms with Gasteiger partial charge in [0.2, 0.25) is 0 Å². The highest BCUT2D eigenvalue weighted by Gasteiger charge is 2.02. The number of hydrogen-bond donors (Lipinski definition) is 0. The molecule has 0 fully saturated rings. The van der Waals surface area contributed by atoms with Crippen molar-refractivity contribution < 1.29 is 0 Å². The third kappa shape index (κ3) is 16.8. The van der Waals surface area contributed by atoms with Crippen molar-refractivity contribution in [1.82, 2.24) is 0 Å². The Labute approximate surface area is 141 Å². The minimum Gasteiger partial charge on any atom is -0.127 e. The van der Waals surface area contributed by atoms with E-state index >= 15 is 0 Å². The van der Waals surface area contributed by atoms with Gasteiger partial charge in [0.1, 0.15) is 0 Å². The summed E-state index contributed by atoms with van der Waals surface area (Å²) >= 11 is 9.41. The predicted molar refractivity (Wildman–Crippen MR) is 98.4 cm³/mol. The molecule has 0 saturated heterocycles. The summed E-state index contributed by atoms with van der Waals surface area (Å²) in [4.78, 5) is 0.646. The van der Waals surface area contributed by atoms with Gasteiger partial charge in [0, 0.05) is 10.7 Å². The Bertz CT molecular complexity index is 173. The Kier molecular flexibility index (Phi) is 18.5. The molecule has 0 nitrogen and oxygen atoms in total. The molecule has 2 heteroatoms. The molecule has 20 heavy (non-hydrogen) atoms.